The van der Waals surface area contributed by atoms with E-state index in [1.165, 1.54) is 12.3 Å². The van der Waals surface area contributed by atoms with Crippen LogP contribution in [0.1, 0.15) is 17.3 Å². The van der Waals surface area contributed by atoms with Gasteiger partial charge < -0.3 is 10.4 Å². The fourth-order valence-corrected chi connectivity index (χ4v) is 1.84. The van der Waals surface area contributed by atoms with Crippen molar-refractivity contribution in [1.29, 1.82) is 0 Å². The van der Waals surface area contributed by atoms with Gasteiger partial charge >= 0.3 is 5.97 Å². The van der Waals surface area contributed by atoms with Crippen molar-refractivity contribution in [2.24, 2.45) is 0 Å². The fourth-order valence-electron chi connectivity index (χ4n) is 1.25. The van der Waals surface area contributed by atoms with E-state index in [-0.39, 0.29) is 11.6 Å². The molecule has 1 aromatic heterocycles. The number of rotatable bonds is 5. The third-order valence-electron chi connectivity index (χ3n) is 1.87. The quantitative estimate of drug-likeness (QED) is 0.803. The molecule has 0 amide bonds. The molecule has 0 fully saturated rings. The number of hydrogen-bond donors (Lipinski definition) is 2. The minimum Gasteiger partial charge on any atom is -0.478 e. The lowest BCUT2D eigenvalue weighted by molar-refractivity contribution is 0.0698. The van der Waals surface area contributed by atoms with Crippen molar-refractivity contribution in [2.45, 2.75) is 13.0 Å². The van der Waals surface area contributed by atoms with Crippen LogP contribution < -0.4 is 5.32 Å². The number of nitrogens with one attached hydrogen (secondary N) is 1. The van der Waals surface area contributed by atoms with Gasteiger partial charge in [-0.1, -0.05) is 0 Å². The van der Waals surface area contributed by atoms with Crippen molar-refractivity contribution in [1.82, 2.24) is 4.98 Å². The highest BCUT2D eigenvalue weighted by atomic mass is 32.2. The minimum absolute atomic E-state index is 0.224. The summed E-state index contributed by atoms with van der Waals surface area (Å²) in [6.45, 7) is 2.01. The topological polar surface area (TPSA) is 62.2 Å². The molecule has 0 radical (unpaired) electrons. The van der Waals surface area contributed by atoms with Gasteiger partial charge in [0, 0.05) is 18.0 Å². The Labute approximate surface area is 93.1 Å². The van der Waals surface area contributed by atoms with Crippen LogP contribution in [0.15, 0.2) is 18.5 Å². The molecule has 5 heteroatoms. The van der Waals surface area contributed by atoms with E-state index in [0.717, 1.165) is 5.75 Å². The van der Waals surface area contributed by atoms with E-state index in [0.29, 0.717) is 5.69 Å². The Kier molecular flexibility index (Phi) is 4.42. The summed E-state index contributed by atoms with van der Waals surface area (Å²) < 4.78 is 0. The summed E-state index contributed by atoms with van der Waals surface area (Å²) in [7, 11) is 0. The number of hydrogen-bond acceptors (Lipinski definition) is 4. The molecule has 82 valence electrons. The first-order valence-corrected chi connectivity index (χ1v) is 5.97. The summed E-state index contributed by atoms with van der Waals surface area (Å²) in [5.41, 5.74) is 0.838. The van der Waals surface area contributed by atoms with Crippen molar-refractivity contribution in [3.63, 3.8) is 0 Å². The molecule has 4 nitrogen and oxygen atoms in total. The Hall–Kier alpha value is -1.23. The van der Waals surface area contributed by atoms with Gasteiger partial charge in [-0.25, -0.2) is 4.79 Å². The van der Waals surface area contributed by atoms with Gasteiger partial charge in [0.2, 0.25) is 0 Å². The number of carboxylic acids is 1. The maximum Gasteiger partial charge on any atom is 0.337 e. The van der Waals surface area contributed by atoms with Crippen molar-refractivity contribution in [3.8, 4) is 0 Å². The zero-order valence-electron chi connectivity index (χ0n) is 8.73. The number of aromatic carboxylic acids is 1. The SMILES string of the molecule is CSCC(C)Nc1cnccc1C(=O)O. The predicted octanol–water partition coefficient (Wildman–Crippen LogP) is 1.94. The van der Waals surface area contributed by atoms with Gasteiger partial charge in [0.05, 0.1) is 17.4 Å². The summed E-state index contributed by atoms with van der Waals surface area (Å²) in [5.74, 6) is -0.00947. The van der Waals surface area contributed by atoms with Gasteiger partial charge in [0.25, 0.3) is 0 Å². The molecule has 0 aromatic carbocycles. The van der Waals surface area contributed by atoms with Crippen LogP contribution >= 0.6 is 11.8 Å². The van der Waals surface area contributed by atoms with E-state index in [1.54, 1.807) is 18.0 Å². The van der Waals surface area contributed by atoms with Crippen molar-refractivity contribution in [3.05, 3.63) is 24.0 Å². The molecule has 15 heavy (non-hydrogen) atoms. The van der Waals surface area contributed by atoms with Crippen LogP contribution in [0.4, 0.5) is 5.69 Å². The van der Waals surface area contributed by atoms with E-state index in [2.05, 4.69) is 10.3 Å². The summed E-state index contributed by atoms with van der Waals surface area (Å²) in [4.78, 5) is 14.8. The van der Waals surface area contributed by atoms with Crippen LogP contribution in [0.25, 0.3) is 0 Å². The molecule has 0 aliphatic heterocycles. The van der Waals surface area contributed by atoms with Gasteiger partial charge in [0.15, 0.2) is 0 Å². The molecule has 0 saturated carbocycles. The van der Waals surface area contributed by atoms with Gasteiger partial charge in [-0.3, -0.25) is 4.98 Å². The fraction of sp³-hybridized carbons (Fsp3) is 0.400. The Bertz CT molecular complexity index is 344. The number of nitrogens with zero attached hydrogens (tertiary/aromatic N) is 1. The van der Waals surface area contributed by atoms with Crippen LogP contribution in [0, 0.1) is 0 Å². The monoisotopic (exact) mass is 226 g/mol. The number of thioether (sulfide) groups is 1. The zero-order chi connectivity index (χ0) is 11.3. The van der Waals surface area contributed by atoms with E-state index < -0.39 is 5.97 Å². The van der Waals surface area contributed by atoms with E-state index in [1.807, 2.05) is 13.2 Å². The zero-order valence-corrected chi connectivity index (χ0v) is 9.54. The molecule has 0 saturated heterocycles. The molecule has 0 aliphatic carbocycles. The first-order chi connectivity index (χ1) is 7.15. The molecule has 1 atom stereocenters. The average Bonchev–Trinajstić information content (AvgIpc) is 2.18. The van der Waals surface area contributed by atoms with Crippen molar-refractivity contribution < 1.29 is 9.90 Å². The number of anilines is 1. The first-order valence-electron chi connectivity index (χ1n) is 4.58. The Morgan fingerprint density at radius 3 is 3.07 bits per heavy atom. The number of aromatic nitrogens is 1. The lowest BCUT2D eigenvalue weighted by Gasteiger charge is -2.15. The molecule has 0 bridgehead atoms. The number of carbonyl (C=O) groups is 1. The highest BCUT2D eigenvalue weighted by Crippen LogP contribution is 2.15. The van der Waals surface area contributed by atoms with Gasteiger partial charge in [0.1, 0.15) is 0 Å². The second-order valence-electron chi connectivity index (χ2n) is 3.23. The standard InChI is InChI=1S/C10H14N2O2S/c1-7(6-15-2)12-9-5-11-4-3-8(9)10(13)14/h3-5,7,12H,6H2,1-2H3,(H,13,14). The average molecular weight is 226 g/mol. The normalized spacial score (nSPS) is 12.1. The van der Waals surface area contributed by atoms with Crippen LogP contribution in [0.5, 0.6) is 0 Å². The first kappa shape index (κ1) is 11.8. The molecule has 0 aliphatic rings. The largest absolute Gasteiger partial charge is 0.478 e. The van der Waals surface area contributed by atoms with Gasteiger partial charge in [-0.2, -0.15) is 11.8 Å². The minimum atomic E-state index is -0.934. The molecule has 1 rings (SSSR count). The van der Waals surface area contributed by atoms with Crippen molar-refractivity contribution in [2.75, 3.05) is 17.3 Å². The number of carboxylic acid groups (broad SMARTS) is 1. The molecular weight excluding hydrogens is 212 g/mol. The van der Waals surface area contributed by atoms with Crippen LogP contribution in [0.3, 0.4) is 0 Å². The van der Waals surface area contributed by atoms with Crippen LogP contribution in [-0.2, 0) is 0 Å². The van der Waals surface area contributed by atoms with E-state index in [9.17, 15) is 4.79 Å². The van der Waals surface area contributed by atoms with Crippen LogP contribution in [-0.4, -0.2) is 34.1 Å². The second kappa shape index (κ2) is 5.60. The maximum absolute atomic E-state index is 10.9. The highest BCUT2D eigenvalue weighted by Gasteiger charge is 2.11. The van der Waals surface area contributed by atoms with E-state index in [4.69, 9.17) is 5.11 Å². The van der Waals surface area contributed by atoms with Crippen LogP contribution in [0.2, 0.25) is 0 Å². The lowest BCUT2D eigenvalue weighted by atomic mass is 10.2. The molecular formula is C10H14N2O2S. The summed E-state index contributed by atoms with van der Waals surface area (Å²) in [6, 6.07) is 1.72. The lowest BCUT2D eigenvalue weighted by Crippen LogP contribution is -2.19. The second-order valence-corrected chi connectivity index (χ2v) is 4.14. The Morgan fingerprint density at radius 1 is 1.73 bits per heavy atom. The summed E-state index contributed by atoms with van der Waals surface area (Å²) >= 11 is 1.71. The highest BCUT2D eigenvalue weighted by molar-refractivity contribution is 7.98. The Morgan fingerprint density at radius 2 is 2.47 bits per heavy atom. The van der Waals surface area contributed by atoms with E-state index >= 15 is 0 Å². The smallest absolute Gasteiger partial charge is 0.337 e. The number of pyridine rings is 1. The summed E-state index contributed by atoms with van der Waals surface area (Å²) in [5, 5.41) is 12.1. The molecule has 1 unspecified atom stereocenters. The Balaban J connectivity index is 2.79. The molecule has 0 spiro atoms. The molecule has 2 N–H and O–H groups in total. The maximum atomic E-state index is 10.9. The molecule has 1 heterocycles. The third-order valence-corrected chi connectivity index (χ3v) is 2.70. The summed E-state index contributed by atoms with van der Waals surface area (Å²) in [6.07, 6.45) is 5.04. The third kappa shape index (κ3) is 3.43. The van der Waals surface area contributed by atoms with Crippen molar-refractivity contribution >= 4 is 23.4 Å². The van der Waals surface area contributed by atoms with Gasteiger partial charge in [-0.05, 0) is 19.2 Å². The molecule has 1 aromatic rings. The predicted molar refractivity (Wildman–Crippen MR) is 62.7 cm³/mol. The van der Waals surface area contributed by atoms with Gasteiger partial charge in [-0.15, -0.1) is 0 Å².